The van der Waals surface area contributed by atoms with Crippen molar-refractivity contribution in [1.29, 1.82) is 0 Å². The quantitative estimate of drug-likeness (QED) is 0.252. The maximum atomic E-state index is 12.7. The number of carbonyl (C=O) groups excluding carboxylic acids is 1. The zero-order valence-electron chi connectivity index (χ0n) is 25.0. The normalized spacial score (nSPS) is 17.4. The Hall–Kier alpha value is -4.92. The highest BCUT2D eigenvalue weighted by atomic mass is 16.6. The smallest absolute Gasteiger partial charge is 0.410 e. The van der Waals surface area contributed by atoms with Gasteiger partial charge in [-0.2, -0.15) is 5.10 Å². The topological polar surface area (TPSA) is 100 Å². The van der Waals surface area contributed by atoms with Crippen molar-refractivity contribution in [2.24, 2.45) is 0 Å². The molecule has 0 saturated carbocycles. The maximum absolute atomic E-state index is 12.7. The molecule has 6 rings (SSSR count). The average molecular weight is 578 g/mol. The molecule has 1 fully saturated rings. The number of anilines is 1. The molecular formula is C34H35N5O4. The van der Waals surface area contributed by atoms with E-state index in [2.05, 4.69) is 48.1 Å². The first-order valence-corrected chi connectivity index (χ1v) is 14.5. The van der Waals surface area contributed by atoms with E-state index in [4.69, 9.17) is 9.72 Å². The van der Waals surface area contributed by atoms with Gasteiger partial charge in [-0.15, -0.1) is 0 Å². The molecule has 220 valence electrons. The molecule has 0 aliphatic carbocycles. The second kappa shape index (κ2) is 10.7. The third-order valence-corrected chi connectivity index (χ3v) is 7.87. The van der Waals surface area contributed by atoms with Crippen molar-refractivity contribution in [2.75, 3.05) is 18.0 Å². The molecule has 3 aromatic carbocycles. The van der Waals surface area contributed by atoms with E-state index in [1.165, 1.54) is 0 Å². The molecule has 1 N–H and O–H groups in total. The summed E-state index contributed by atoms with van der Waals surface area (Å²) in [4.78, 5) is 33.4. The first kappa shape index (κ1) is 28.2. The van der Waals surface area contributed by atoms with Crippen LogP contribution in [0, 0.1) is 0 Å². The van der Waals surface area contributed by atoms with Gasteiger partial charge in [0, 0.05) is 54.4 Å². The van der Waals surface area contributed by atoms with Gasteiger partial charge in [0.25, 0.3) is 0 Å². The van der Waals surface area contributed by atoms with Crippen molar-refractivity contribution in [3.05, 3.63) is 84.8 Å². The first-order valence-electron chi connectivity index (χ1n) is 14.5. The molecule has 0 radical (unpaired) electrons. The van der Waals surface area contributed by atoms with Crippen LogP contribution in [0.25, 0.3) is 38.7 Å². The van der Waals surface area contributed by atoms with E-state index in [1.807, 2.05) is 63.5 Å². The average Bonchev–Trinajstić information content (AvgIpc) is 3.38. The minimum atomic E-state index is -0.955. The van der Waals surface area contributed by atoms with Gasteiger partial charge in [0.05, 0.1) is 11.8 Å². The lowest BCUT2D eigenvalue weighted by Gasteiger charge is -2.45. The number of rotatable bonds is 4. The number of ether oxygens (including phenoxy) is 1. The number of hydrogen-bond acceptors (Lipinski definition) is 6. The SMILES string of the molecule is C[C@@H]1CN(C(=O)OC(C)(C)C)C[C@H](C)N1c1ccc(-c2cnc3c(-c4ccc(C(=O)O)c5ccccc45)cnn3c2)cc1. The van der Waals surface area contributed by atoms with Gasteiger partial charge in [0.1, 0.15) is 5.60 Å². The molecule has 9 heteroatoms. The minimum Gasteiger partial charge on any atom is -0.478 e. The van der Waals surface area contributed by atoms with Crippen LogP contribution in [0.5, 0.6) is 0 Å². The van der Waals surface area contributed by atoms with Crippen LogP contribution in [0.3, 0.4) is 0 Å². The van der Waals surface area contributed by atoms with Gasteiger partial charge < -0.3 is 19.6 Å². The molecule has 3 heterocycles. The zero-order chi connectivity index (χ0) is 30.5. The Morgan fingerprint density at radius 1 is 0.860 bits per heavy atom. The van der Waals surface area contributed by atoms with Crippen LogP contribution in [0.4, 0.5) is 10.5 Å². The van der Waals surface area contributed by atoms with E-state index in [9.17, 15) is 14.7 Å². The molecule has 0 unspecified atom stereocenters. The van der Waals surface area contributed by atoms with Crippen molar-refractivity contribution in [1.82, 2.24) is 19.5 Å². The number of aromatic carboxylic acids is 1. The number of amides is 1. The summed E-state index contributed by atoms with van der Waals surface area (Å²) in [6.07, 6.45) is 5.31. The third-order valence-electron chi connectivity index (χ3n) is 7.87. The second-order valence-corrected chi connectivity index (χ2v) is 12.2. The molecule has 0 bridgehead atoms. The van der Waals surface area contributed by atoms with Crippen LogP contribution in [0.15, 0.2) is 79.3 Å². The molecule has 2 aromatic heterocycles. The largest absolute Gasteiger partial charge is 0.478 e. The van der Waals surface area contributed by atoms with Crippen molar-refractivity contribution in [2.45, 2.75) is 52.3 Å². The summed E-state index contributed by atoms with van der Waals surface area (Å²) >= 11 is 0. The van der Waals surface area contributed by atoms with Gasteiger partial charge in [-0.05, 0) is 74.7 Å². The zero-order valence-corrected chi connectivity index (χ0v) is 25.0. The molecule has 1 aliphatic heterocycles. The number of nitrogens with zero attached hydrogens (tertiary/aromatic N) is 5. The van der Waals surface area contributed by atoms with Crippen LogP contribution >= 0.6 is 0 Å². The number of fused-ring (bicyclic) bond motifs is 2. The number of benzene rings is 3. The molecule has 1 aliphatic rings. The van der Waals surface area contributed by atoms with Crippen LogP contribution in [0.1, 0.15) is 45.0 Å². The highest BCUT2D eigenvalue weighted by Gasteiger charge is 2.34. The Bertz CT molecular complexity index is 1830. The molecule has 1 saturated heterocycles. The van der Waals surface area contributed by atoms with Gasteiger partial charge in [-0.3, -0.25) is 0 Å². The van der Waals surface area contributed by atoms with Gasteiger partial charge in [-0.25, -0.2) is 19.1 Å². The van der Waals surface area contributed by atoms with Crippen LogP contribution < -0.4 is 4.90 Å². The fourth-order valence-electron chi connectivity index (χ4n) is 6.07. The van der Waals surface area contributed by atoms with E-state index < -0.39 is 11.6 Å². The standard InChI is InChI=1S/C34H35N5O4/c1-21-18-37(33(42)43-34(3,4)5)19-22(2)39(21)25-12-10-23(11-13-25)24-16-35-31-30(17-36-38(31)20-24)28-14-15-29(32(40)41)27-9-7-6-8-26(27)28/h6-17,20-22H,18-19H2,1-5H3,(H,40,41)/t21-,22+. The van der Waals surface area contributed by atoms with Gasteiger partial charge >= 0.3 is 12.1 Å². The highest BCUT2D eigenvalue weighted by Crippen LogP contribution is 2.34. The molecule has 2 atom stereocenters. The Morgan fingerprint density at radius 2 is 1.53 bits per heavy atom. The van der Waals surface area contributed by atoms with Crippen LogP contribution in [-0.2, 0) is 4.74 Å². The Morgan fingerprint density at radius 3 is 2.19 bits per heavy atom. The summed E-state index contributed by atoms with van der Waals surface area (Å²) < 4.78 is 7.37. The molecular weight excluding hydrogens is 542 g/mol. The summed E-state index contributed by atoms with van der Waals surface area (Å²) in [6, 6.07) is 19.6. The van der Waals surface area contributed by atoms with Crippen LogP contribution in [0.2, 0.25) is 0 Å². The number of piperazine rings is 1. The molecule has 0 spiro atoms. The van der Waals surface area contributed by atoms with E-state index in [-0.39, 0.29) is 23.7 Å². The third kappa shape index (κ3) is 5.38. The lowest BCUT2D eigenvalue weighted by Crippen LogP contribution is -2.58. The number of aromatic nitrogens is 3. The summed E-state index contributed by atoms with van der Waals surface area (Å²) in [6.45, 7) is 11.1. The Kier molecular flexibility index (Phi) is 7.04. The van der Waals surface area contributed by atoms with Gasteiger partial charge in [0.15, 0.2) is 5.65 Å². The maximum Gasteiger partial charge on any atom is 0.410 e. The molecule has 9 nitrogen and oxygen atoms in total. The highest BCUT2D eigenvalue weighted by molar-refractivity contribution is 6.09. The summed E-state index contributed by atoms with van der Waals surface area (Å²) in [5.41, 5.74) is 5.20. The van der Waals surface area contributed by atoms with E-state index >= 15 is 0 Å². The number of hydrogen-bond donors (Lipinski definition) is 1. The molecule has 1 amide bonds. The lowest BCUT2D eigenvalue weighted by molar-refractivity contribution is 0.0192. The Labute approximate surface area is 250 Å². The number of carbonyl (C=O) groups is 2. The van der Waals surface area contributed by atoms with E-state index in [0.717, 1.165) is 33.3 Å². The minimum absolute atomic E-state index is 0.128. The van der Waals surface area contributed by atoms with Crippen molar-refractivity contribution < 1.29 is 19.4 Å². The van der Waals surface area contributed by atoms with E-state index in [0.29, 0.717) is 24.1 Å². The fourth-order valence-corrected chi connectivity index (χ4v) is 6.07. The lowest BCUT2D eigenvalue weighted by atomic mass is 9.96. The van der Waals surface area contributed by atoms with E-state index in [1.54, 1.807) is 21.7 Å². The van der Waals surface area contributed by atoms with Crippen molar-refractivity contribution >= 4 is 34.2 Å². The van der Waals surface area contributed by atoms with Crippen LogP contribution in [-0.4, -0.2) is 67.4 Å². The molecule has 43 heavy (non-hydrogen) atoms. The molecule has 5 aromatic rings. The van der Waals surface area contributed by atoms with Crippen molar-refractivity contribution in [3.8, 4) is 22.3 Å². The van der Waals surface area contributed by atoms with Gasteiger partial charge in [-0.1, -0.05) is 42.5 Å². The monoisotopic (exact) mass is 577 g/mol. The number of carboxylic acids is 1. The van der Waals surface area contributed by atoms with Gasteiger partial charge in [0.2, 0.25) is 0 Å². The summed E-state index contributed by atoms with van der Waals surface area (Å²) in [5.74, 6) is -0.955. The predicted molar refractivity (Wildman–Crippen MR) is 168 cm³/mol. The summed E-state index contributed by atoms with van der Waals surface area (Å²) in [7, 11) is 0. The fraction of sp³-hybridized carbons (Fsp3) is 0.294. The first-order chi connectivity index (χ1) is 20.5. The number of carboxylic acid groups (broad SMARTS) is 1. The second-order valence-electron chi connectivity index (χ2n) is 12.2. The predicted octanol–water partition coefficient (Wildman–Crippen LogP) is 6.75. The van der Waals surface area contributed by atoms with Crippen molar-refractivity contribution in [3.63, 3.8) is 0 Å². The Balaban J connectivity index is 1.24. The summed E-state index contributed by atoms with van der Waals surface area (Å²) in [5, 5.41) is 15.8.